The van der Waals surface area contributed by atoms with Gasteiger partial charge in [0.25, 0.3) is 5.91 Å². The van der Waals surface area contributed by atoms with Crippen molar-refractivity contribution in [1.82, 2.24) is 25.6 Å². The van der Waals surface area contributed by atoms with Crippen LogP contribution in [0.1, 0.15) is 22.8 Å². The van der Waals surface area contributed by atoms with Crippen LogP contribution >= 0.6 is 0 Å². The molecule has 0 saturated carbocycles. The molecule has 0 aliphatic heterocycles. The van der Waals surface area contributed by atoms with Gasteiger partial charge in [0, 0.05) is 5.56 Å². The number of amides is 1. The molecule has 3 aromatic rings. The van der Waals surface area contributed by atoms with Gasteiger partial charge < -0.3 is 9.47 Å². The van der Waals surface area contributed by atoms with Crippen molar-refractivity contribution in [3.05, 3.63) is 59.9 Å². The number of carbonyl (C=O) groups is 1. The van der Waals surface area contributed by atoms with Crippen LogP contribution in [0.25, 0.3) is 5.69 Å². The second kappa shape index (κ2) is 8.09. The topological polar surface area (TPSA) is 104 Å². The first-order chi connectivity index (χ1) is 13.1. The Bertz CT molecular complexity index is 969. The van der Waals surface area contributed by atoms with E-state index in [4.69, 9.17) is 9.47 Å². The standard InChI is InChI=1S/C18H18N6O3/c1-12(13-5-4-6-15(9-13)24-11-19-22-23-24)20-21-18(25)14-7-8-16(26-2)17(10-14)27-3/h4-11H,1-3H3,(H,21,25)/b20-12-. The van der Waals surface area contributed by atoms with Crippen LogP contribution in [0.3, 0.4) is 0 Å². The third-order valence-corrected chi connectivity index (χ3v) is 3.85. The summed E-state index contributed by atoms with van der Waals surface area (Å²) in [6.07, 6.45) is 1.50. The second-order valence-electron chi connectivity index (χ2n) is 5.51. The van der Waals surface area contributed by atoms with Crippen LogP contribution in [-0.2, 0) is 0 Å². The molecule has 1 amide bonds. The van der Waals surface area contributed by atoms with Crippen LogP contribution < -0.4 is 14.9 Å². The molecule has 9 nitrogen and oxygen atoms in total. The molecule has 0 aliphatic carbocycles. The lowest BCUT2D eigenvalue weighted by molar-refractivity contribution is 0.0954. The maximum Gasteiger partial charge on any atom is 0.271 e. The summed E-state index contributed by atoms with van der Waals surface area (Å²) >= 11 is 0. The molecule has 0 radical (unpaired) electrons. The number of nitrogens with zero attached hydrogens (tertiary/aromatic N) is 5. The number of benzene rings is 2. The summed E-state index contributed by atoms with van der Waals surface area (Å²) in [4.78, 5) is 12.4. The van der Waals surface area contributed by atoms with Crippen LogP contribution in [-0.4, -0.2) is 46.0 Å². The quantitative estimate of drug-likeness (QED) is 0.527. The Morgan fingerprint density at radius 2 is 1.89 bits per heavy atom. The van der Waals surface area contributed by atoms with Gasteiger partial charge in [-0.05, 0) is 53.2 Å². The van der Waals surface area contributed by atoms with E-state index in [1.54, 1.807) is 29.8 Å². The minimum atomic E-state index is -0.355. The number of carbonyl (C=O) groups excluding carboxylic acids is 1. The van der Waals surface area contributed by atoms with Crippen molar-refractivity contribution < 1.29 is 14.3 Å². The predicted octanol–water partition coefficient (Wildman–Crippen LogP) is 1.83. The highest BCUT2D eigenvalue weighted by Crippen LogP contribution is 2.27. The molecule has 0 atom stereocenters. The lowest BCUT2D eigenvalue weighted by Gasteiger charge is -2.09. The highest BCUT2D eigenvalue weighted by molar-refractivity contribution is 6.01. The Balaban J connectivity index is 1.76. The van der Waals surface area contributed by atoms with Crippen molar-refractivity contribution in [2.45, 2.75) is 6.92 Å². The number of hydrogen-bond donors (Lipinski definition) is 1. The fraction of sp³-hybridized carbons (Fsp3) is 0.167. The summed E-state index contributed by atoms with van der Waals surface area (Å²) in [5, 5.41) is 15.3. The SMILES string of the molecule is COc1ccc(C(=O)N/N=C(/C)c2cccc(-n3cnnn3)c2)cc1OC. The molecule has 0 fully saturated rings. The van der Waals surface area contributed by atoms with E-state index in [1.807, 2.05) is 24.3 Å². The van der Waals surface area contributed by atoms with Crippen molar-refractivity contribution in [3.63, 3.8) is 0 Å². The molecule has 0 unspecified atom stereocenters. The highest BCUT2D eigenvalue weighted by atomic mass is 16.5. The molecular formula is C18H18N6O3. The van der Waals surface area contributed by atoms with Gasteiger partial charge in [-0.1, -0.05) is 12.1 Å². The van der Waals surface area contributed by atoms with Crippen LogP contribution in [0.5, 0.6) is 11.5 Å². The molecule has 1 N–H and O–H groups in total. The number of tetrazole rings is 1. The molecule has 0 bridgehead atoms. The van der Waals surface area contributed by atoms with E-state index in [-0.39, 0.29) is 5.91 Å². The van der Waals surface area contributed by atoms with E-state index in [1.165, 1.54) is 20.5 Å². The predicted molar refractivity (Wildman–Crippen MR) is 98.4 cm³/mol. The largest absolute Gasteiger partial charge is 0.493 e. The van der Waals surface area contributed by atoms with Gasteiger partial charge in [-0.2, -0.15) is 5.10 Å². The van der Waals surface area contributed by atoms with Gasteiger partial charge in [-0.3, -0.25) is 4.79 Å². The molecule has 3 rings (SSSR count). The van der Waals surface area contributed by atoms with Gasteiger partial charge >= 0.3 is 0 Å². The molecule has 0 saturated heterocycles. The first-order valence-electron chi connectivity index (χ1n) is 8.03. The zero-order valence-corrected chi connectivity index (χ0v) is 15.1. The van der Waals surface area contributed by atoms with Gasteiger partial charge in [-0.25, -0.2) is 10.1 Å². The molecule has 9 heteroatoms. The summed E-state index contributed by atoms with van der Waals surface area (Å²) < 4.78 is 11.9. The number of methoxy groups -OCH3 is 2. The highest BCUT2D eigenvalue weighted by Gasteiger charge is 2.10. The van der Waals surface area contributed by atoms with Gasteiger partial charge in [0.05, 0.1) is 25.6 Å². The van der Waals surface area contributed by atoms with E-state index in [0.717, 1.165) is 11.3 Å². The van der Waals surface area contributed by atoms with Crippen molar-refractivity contribution in [2.75, 3.05) is 14.2 Å². The maximum atomic E-state index is 12.4. The third kappa shape index (κ3) is 4.09. The van der Waals surface area contributed by atoms with Gasteiger partial charge in [0.15, 0.2) is 11.5 Å². The molecule has 2 aromatic carbocycles. The van der Waals surface area contributed by atoms with Gasteiger partial charge in [0.1, 0.15) is 6.33 Å². The van der Waals surface area contributed by atoms with E-state index in [9.17, 15) is 4.79 Å². The Kier molecular flexibility index (Phi) is 5.41. The van der Waals surface area contributed by atoms with Gasteiger partial charge in [0.2, 0.25) is 0 Å². The van der Waals surface area contributed by atoms with Crippen molar-refractivity contribution in [1.29, 1.82) is 0 Å². The zero-order chi connectivity index (χ0) is 19.2. The molecule has 0 aliphatic rings. The van der Waals surface area contributed by atoms with Crippen LogP contribution in [0, 0.1) is 0 Å². The Labute approximate surface area is 155 Å². The van der Waals surface area contributed by atoms with E-state index in [2.05, 4.69) is 26.1 Å². The smallest absolute Gasteiger partial charge is 0.271 e. The van der Waals surface area contributed by atoms with Crippen molar-refractivity contribution in [2.24, 2.45) is 5.10 Å². The number of rotatable bonds is 6. The summed E-state index contributed by atoms with van der Waals surface area (Å²) in [5.74, 6) is 0.667. The summed E-state index contributed by atoms with van der Waals surface area (Å²) in [6.45, 7) is 1.80. The number of hydrazone groups is 1. The Morgan fingerprint density at radius 1 is 1.07 bits per heavy atom. The summed E-state index contributed by atoms with van der Waals surface area (Å²) in [7, 11) is 3.05. The number of hydrogen-bond acceptors (Lipinski definition) is 7. The number of aromatic nitrogens is 4. The monoisotopic (exact) mass is 366 g/mol. The van der Waals surface area contributed by atoms with E-state index < -0.39 is 0 Å². The average Bonchev–Trinajstić information content (AvgIpc) is 3.26. The second-order valence-corrected chi connectivity index (χ2v) is 5.51. The Hall–Kier alpha value is -3.75. The number of ether oxygens (including phenoxy) is 2. The first kappa shape index (κ1) is 18.1. The molecular weight excluding hydrogens is 348 g/mol. The average molecular weight is 366 g/mol. The van der Waals surface area contributed by atoms with E-state index in [0.29, 0.717) is 22.8 Å². The molecule has 1 aromatic heterocycles. The van der Waals surface area contributed by atoms with Crippen LogP contribution in [0.4, 0.5) is 0 Å². The maximum absolute atomic E-state index is 12.4. The zero-order valence-electron chi connectivity index (χ0n) is 15.1. The van der Waals surface area contributed by atoms with E-state index >= 15 is 0 Å². The van der Waals surface area contributed by atoms with Gasteiger partial charge in [-0.15, -0.1) is 5.10 Å². The van der Waals surface area contributed by atoms with Crippen molar-refractivity contribution in [3.8, 4) is 17.2 Å². The fourth-order valence-electron chi connectivity index (χ4n) is 2.39. The molecule has 0 spiro atoms. The fourth-order valence-corrected chi connectivity index (χ4v) is 2.39. The normalized spacial score (nSPS) is 11.1. The lowest BCUT2D eigenvalue weighted by atomic mass is 10.1. The molecule has 138 valence electrons. The molecule has 1 heterocycles. The number of nitrogens with one attached hydrogen (secondary N) is 1. The lowest BCUT2D eigenvalue weighted by Crippen LogP contribution is -2.19. The van der Waals surface area contributed by atoms with Crippen LogP contribution in [0.2, 0.25) is 0 Å². The molecule has 27 heavy (non-hydrogen) atoms. The Morgan fingerprint density at radius 3 is 2.59 bits per heavy atom. The summed E-state index contributed by atoms with van der Waals surface area (Å²) in [6, 6.07) is 12.4. The summed E-state index contributed by atoms with van der Waals surface area (Å²) in [5.41, 5.74) is 5.21. The third-order valence-electron chi connectivity index (χ3n) is 3.85. The minimum Gasteiger partial charge on any atom is -0.493 e. The van der Waals surface area contributed by atoms with Crippen LogP contribution in [0.15, 0.2) is 53.9 Å². The first-order valence-corrected chi connectivity index (χ1v) is 8.03. The minimum absolute atomic E-state index is 0.355. The van der Waals surface area contributed by atoms with Crippen molar-refractivity contribution >= 4 is 11.6 Å².